The molecule has 1 aromatic rings. The van der Waals surface area contributed by atoms with E-state index < -0.39 is 34.4 Å². The van der Waals surface area contributed by atoms with Crippen LogP contribution in [-0.2, 0) is 30.4 Å². The summed E-state index contributed by atoms with van der Waals surface area (Å²) in [5, 5.41) is 0. The van der Waals surface area contributed by atoms with Crippen molar-refractivity contribution in [3.05, 3.63) is 35.9 Å². The molecule has 1 fully saturated rings. The van der Waals surface area contributed by atoms with Crippen molar-refractivity contribution in [1.82, 2.24) is 4.90 Å². The molecule has 0 unspecified atom stereocenters. The lowest BCUT2D eigenvalue weighted by molar-refractivity contribution is -0.186. The topological polar surface area (TPSA) is 98.9 Å². The number of hydrogen-bond donors (Lipinski definition) is 1. The van der Waals surface area contributed by atoms with Gasteiger partial charge in [-0.05, 0) is 46.1 Å². The van der Waals surface area contributed by atoms with Gasteiger partial charge in [0.1, 0.15) is 11.1 Å². The van der Waals surface area contributed by atoms with Gasteiger partial charge in [0.05, 0.1) is 7.11 Å². The van der Waals surface area contributed by atoms with Crippen molar-refractivity contribution in [2.45, 2.75) is 58.2 Å². The summed E-state index contributed by atoms with van der Waals surface area (Å²) in [4.78, 5) is 40.9. The molecule has 28 heavy (non-hydrogen) atoms. The average molecular weight is 390 g/mol. The maximum absolute atomic E-state index is 13.4. The molecule has 1 saturated heterocycles. The first kappa shape index (κ1) is 21.9. The van der Waals surface area contributed by atoms with E-state index in [1.54, 1.807) is 25.7 Å². The molecule has 1 aliphatic heterocycles. The Kier molecular flexibility index (Phi) is 6.18. The summed E-state index contributed by atoms with van der Waals surface area (Å²) >= 11 is 0. The van der Waals surface area contributed by atoms with Crippen molar-refractivity contribution >= 4 is 17.8 Å². The highest BCUT2D eigenvalue weighted by atomic mass is 16.6. The van der Waals surface area contributed by atoms with E-state index in [1.165, 1.54) is 14.0 Å². The zero-order valence-corrected chi connectivity index (χ0v) is 17.3. The normalized spacial score (nSPS) is 25.8. The number of esters is 2. The van der Waals surface area contributed by atoms with Gasteiger partial charge in [0.25, 0.3) is 0 Å². The number of nitrogens with two attached hydrogens (primary N) is 1. The van der Waals surface area contributed by atoms with E-state index >= 15 is 0 Å². The SMILES string of the molecule is COC(=O)[C@]1(C(=O)OC(C)(C)C)CCCN(Cc2ccccc2)C(=O)[C@@]1(C)N. The lowest BCUT2D eigenvalue weighted by Crippen LogP contribution is -2.68. The smallest absolute Gasteiger partial charge is 0.326 e. The maximum atomic E-state index is 13.4. The molecule has 0 spiro atoms. The Bertz CT molecular complexity index is 739. The molecule has 7 nitrogen and oxygen atoms in total. The summed E-state index contributed by atoms with van der Waals surface area (Å²) < 4.78 is 10.4. The van der Waals surface area contributed by atoms with Gasteiger partial charge in [-0.25, -0.2) is 0 Å². The van der Waals surface area contributed by atoms with Crippen molar-refractivity contribution < 1.29 is 23.9 Å². The Balaban J connectivity index is 2.46. The number of rotatable bonds is 4. The minimum atomic E-state index is -1.91. The Morgan fingerprint density at radius 3 is 2.32 bits per heavy atom. The molecule has 2 N–H and O–H groups in total. The summed E-state index contributed by atoms with van der Waals surface area (Å²) in [6, 6.07) is 9.49. The Morgan fingerprint density at radius 1 is 1.18 bits per heavy atom. The van der Waals surface area contributed by atoms with Crippen molar-refractivity contribution in [2.75, 3.05) is 13.7 Å². The highest BCUT2D eigenvalue weighted by molar-refractivity contribution is 6.08. The zero-order chi connectivity index (χ0) is 21.2. The van der Waals surface area contributed by atoms with Crippen LogP contribution in [0.3, 0.4) is 0 Å². The number of nitrogens with zero attached hydrogens (tertiary/aromatic N) is 1. The first-order valence-electron chi connectivity index (χ1n) is 9.40. The van der Waals surface area contributed by atoms with Crippen molar-refractivity contribution in [3.8, 4) is 0 Å². The summed E-state index contributed by atoms with van der Waals surface area (Å²) in [7, 11) is 1.18. The number of likely N-dealkylation sites (tertiary alicyclic amines) is 1. The van der Waals surface area contributed by atoms with Crippen LogP contribution in [0.5, 0.6) is 0 Å². The molecule has 0 saturated carbocycles. The lowest BCUT2D eigenvalue weighted by Gasteiger charge is -2.41. The van der Waals surface area contributed by atoms with Gasteiger partial charge in [0, 0.05) is 13.1 Å². The van der Waals surface area contributed by atoms with Crippen molar-refractivity contribution in [1.29, 1.82) is 0 Å². The number of methoxy groups -OCH3 is 1. The molecule has 0 aliphatic carbocycles. The van der Waals surface area contributed by atoms with Gasteiger partial charge in [-0.3, -0.25) is 14.4 Å². The van der Waals surface area contributed by atoms with E-state index in [0.29, 0.717) is 19.5 Å². The zero-order valence-electron chi connectivity index (χ0n) is 17.3. The summed E-state index contributed by atoms with van der Waals surface area (Å²) in [6.45, 7) is 7.23. The molecular formula is C21H30N2O5. The standard InChI is InChI=1S/C21H30N2O5/c1-19(2,3)28-18(26)21(17(25)27-5)12-9-13-23(16(24)20(21,4)22)14-15-10-7-6-8-11-15/h6-8,10-11H,9,12-14,22H2,1-5H3/t20-,21+/m1/s1. The molecule has 154 valence electrons. The second-order valence-electron chi connectivity index (χ2n) is 8.42. The van der Waals surface area contributed by atoms with Gasteiger partial charge in [-0.15, -0.1) is 0 Å². The van der Waals surface area contributed by atoms with Gasteiger partial charge < -0.3 is 20.1 Å². The highest BCUT2D eigenvalue weighted by Gasteiger charge is 2.65. The number of benzene rings is 1. The van der Waals surface area contributed by atoms with E-state index in [4.69, 9.17) is 15.2 Å². The van der Waals surface area contributed by atoms with Crippen LogP contribution in [0.4, 0.5) is 0 Å². The third-order valence-corrected chi connectivity index (χ3v) is 5.10. The quantitative estimate of drug-likeness (QED) is 0.624. The number of hydrogen-bond acceptors (Lipinski definition) is 6. The van der Waals surface area contributed by atoms with Crippen LogP contribution in [0, 0.1) is 5.41 Å². The first-order chi connectivity index (χ1) is 13.0. The fourth-order valence-electron chi connectivity index (χ4n) is 3.61. The molecule has 2 rings (SSSR count). The predicted octanol–water partition coefficient (Wildman–Crippen LogP) is 2.03. The molecule has 0 bridgehead atoms. The largest absolute Gasteiger partial charge is 0.468 e. The Hall–Kier alpha value is -2.41. The minimum absolute atomic E-state index is 0.0681. The van der Waals surface area contributed by atoms with Gasteiger partial charge in [0.2, 0.25) is 5.91 Å². The van der Waals surface area contributed by atoms with E-state index in [0.717, 1.165) is 5.56 Å². The predicted molar refractivity (Wildman–Crippen MR) is 104 cm³/mol. The van der Waals surface area contributed by atoms with E-state index in [-0.39, 0.29) is 6.42 Å². The highest BCUT2D eigenvalue weighted by Crippen LogP contribution is 2.42. The average Bonchev–Trinajstić information content (AvgIpc) is 2.70. The van der Waals surface area contributed by atoms with Crippen LogP contribution in [0.25, 0.3) is 0 Å². The van der Waals surface area contributed by atoms with Crippen LogP contribution >= 0.6 is 0 Å². The van der Waals surface area contributed by atoms with E-state index in [2.05, 4.69) is 0 Å². The minimum Gasteiger partial charge on any atom is -0.468 e. The monoisotopic (exact) mass is 390 g/mol. The van der Waals surface area contributed by atoms with Gasteiger partial charge >= 0.3 is 11.9 Å². The Labute approximate surface area is 166 Å². The van der Waals surface area contributed by atoms with Crippen LogP contribution in [0.2, 0.25) is 0 Å². The van der Waals surface area contributed by atoms with E-state index in [9.17, 15) is 14.4 Å². The van der Waals surface area contributed by atoms with Gasteiger partial charge in [0.15, 0.2) is 5.41 Å². The molecule has 1 heterocycles. The molecule has 1 aliphatic rings. The summed E-state index contributed by atoms with van der Waals surface area (Å²) in [5.74, 6) is -2.15. The molecule has 7 heteroatoms. The maximum Gasteiger partial charge on any atom is 0.326 e. The third-order valence-electron chi connectivity index (χ3n) is 5.10. The summed E-state index contributed by atoms with van der Waals surface area (Å²) in [5.41, 5.74) is 2.83. The van der Waals surface area contributed by atoms with Crippen molar-refractivity contribution in [2.24, 2.45) is 11.1 Å². The van der Waals surface area contributed by atoms with Gasteiger partial charge in [-0.1, -0.05) is 30.3 Å². The van der Waals surface area contributed by atoms with Gasteiger partial charge in [-0.2, -0.15) is 0 Å². The second-order valence-corrected chi connectivity index (χ2v) is 8.42. The van der Waals surface area contributed by atoms with E-state index in [1.807, 2.05) is 30.3 Å². The molecule has 0 aromatic heterocycles. The molecule has 1 aromatic carbocycles. The van der Waals surface area contributed by atoms with Crippen LogP contribution in [0.15, 0.2) is 30.3 Å². The third kappa shape index (κ3) is 4.04. The molecular weight excluding hydrogens is 360 g/mol. The molecule has 1 amide bonds. The number of ether oxygens (including phenoxy) is 2. The van der Waals surface area contributed by atoms with Crippen LogP contribution in [0.1, 0.15) is 46.1 Å². The molecule has 0 radical (unpaired) electrons. The van der Waals surface area contributed by atoms with Crippen molar-refractivity contribution in [3.63, 3.8) is 0 Å². The van der Waals surface area contributed by atoms with Crippen LogP contribution < -0.4 is 5.73 Å². The first-order valence-corrected chi connectivity index (χ1v) is 9.40. The number of amides is 1. The Morgan fingerprint density at radius 2 is 1.79 bits per heavy atom. The number of carbonyl (C=O) groups excluding carboxylic acids is 3. The fraction of sp³-hybridized carbons (Fsp3) is 0.571. The lowest BCUT2D eigenvalue weighted by atomic mass is 9.67. The summed E-state index contributed by atoms with van der Waals surface area (Å²) in [6.07, 6.45) is 0.484. The second kappa shape index (κ2) is 7.91. The van der Waals surface area contributed by atoms with Crippen LogP contribution in [-0.4, -0.2) is 47.5 Å². The number of carbonyl (C=O) groups is 3. The fourth-order valence-corrected chi connectivity index (χ4v) is 3.61. The molecule has 2 atom stereocenters.